The summed E-state index contributed by atoms with van der Waals surface area (Å²) in [5, 5.41) is 6.39. The number of nitrogens with zero attached hydrogens (tertiary/aromatic N) is 1. The molecule has 1 amide bonds. The SMILES string of the molecule is CCN1CCC(C(C)NCCCNC(=O)OC(C)(C)C)CC1. The summed E-state index contributed by atoms with van der Waals surface area (Å²) in [4.78, 5) is 14.0. The van der Waals surface area contributed by atoms with Crippen LogP contribution in [0.2, 0.25) is 0 Å². The lowest BCUT2D eigenvalue weighted by Crippen LogP contribution is -2.42. The van der Waals surface area contributed by atoms with Gasteiger partial charge in [-0.3, -0.25) is 0 Å². The summed E-state index contributed by atoms with van der Waals surface area (Å²) in [6, 6.07) is 0.556. The standard InChI is InChI=1S/C17H35N3O2/c1-6-20-12-8-15(9-13-20)14(2)18-10-7-11-19-16(21)22-17(3,4)5/h14-15,18H,6-13H2,1-5H3,(H,19,21). The van der Waals surface area contributed by atoms with E-state index < -0.39 is 5.60 Å². The molecule has 0 bridgehead atoms. The Kier molecular flexibility index (Phi) is 8.18. The Bertz CT molecular complexity index is 320. The van der Waals surface area contributed by atoms with Crippen molar-refractivity contribution in [3.63, 3.8) is 0 Å². The largest absolute Gasteiger partial charge is 0.444 e. The zero-order valence-electron chi connectivity index (χ0n) is 15.1. The van der Waals surface area contributed by atoms with Crippen molar-refractivity contribution in [2.24, 2.45) is 5.92 Å². The lowest BCUT2D eigenvalue weighted by molar-refractivity contribution is 0.0527. The molecule has 0 aromatic rings. The summed E-state index contributed by atoms with van der Waals surface area (Å²) in [5.74, 6) is 0.779. The van der Waals surface area contributed by atoms with Crippen molar-refractivity contribution in [3.8, 4) is 0 Å². The van der Waals surface area contributed by atoms with Crippen LogP contribution in [-0.2, 0) is 4.74 Å². The van der Waals surface area contributed by atoms with Crippen molar-refractivity contribution in [2.45, 2.75) is 65.5 Å². The van der Waals surface area contributed by atoms with Gasteiger partial charge in [-0.15, -0.1) is 0 Å². The van der Waals surface area contributed by atoms with Crippen molar-refractivity contribution in [2.75, 3.05) is 32.7 Å². The third-order valence-corrected chi connectivity index (χ3v) is 4.27. The average Bonchev–Trinajstić information content (AvgIpc) is 2.45. The van der Waals surface area contributed by atoms with Crippen molar-refractivity contribution in [1.29, 1.82) is 0 Å². The van der Waals surface area contributed by atoms with Gasteiger partial charge in [0.05, 0.1) is 0 Å². The number of piperidine rings is 1. The maximum Gasteiger partial charge on any atom is 0.407 e. The highest BCUT2D eigenvalue weighted by Crippen LogP contribution is 2.20. The summed E-state index contributed by atoms with van der Waals surface area (Å²) in [7, 11) is 0. The number of carbonyl (C=O) groups is 1. The number of alkyl carbamates (subject to hydrolysis) is 1. The van der Waals surface area contributed by atoms with Gasteiger partial charge in [-0.05, 0) is 79.1 Å². The fourth-order valence-corrected chi connectivity index (χ4v) is 2.86. The highest BCUT2D eigenvalue weighted by molar-refractivity contribution is 5.67. The fourth-order valence-electron chi connectivity index (χ4n) is 2.86. The van der Waals surface area contributed by atoms with Gasteiger partial charge >= 0.3 is 6.09 Å². The van der Waals surface area contributed by atoms with Crippen molar-refractivity contribution in [3.05, 3.63) is 0 Å². The molecule has 1 unspecified atom stereocenters. The van der Waals surface area contributed by atoms with Gasteiger partial charge in [-0.25, -0.2) is 4.79 Å². The van der Waals surface area contributed by atoms with Gasteiger partial charge in [0, 0.05) is 12.6 Å². The first-order valence-electron chi connectivity index (χ1n) is 8.74. The zero-order valence-corrected chi connectivity index (χ0v) is 15.1. The van der Waals surface area contributed by atoms with E-state index in [1.807, 2.05) is 20.8 Å². The lowest BCUT2D eigenvalue weighted by Gasteiger charge is -2.34. The van der Waals surface area contributed by atoms with Crippen LogP contribution in [0.1, 0.15) is 53.9 Å². The van der Waals surface area contributed by atoms with Crippen LogP contribution in [0.3, 0.4) is 0 Å². The monoisotopic (exact) mass is 313 g/mol. The summed E-state index contributed by atoms with van der Waals surface area (Å²) >= 11 is 0. The molecule has 5 heteroatoms. The Morgan fingerprint density at radius 3 is 2.45 bits per heavy atom. The molecule has 1 fully saturated rings. The molecule has 0 saturated carbocycles. The summed E-state index contributed by atoms with van der Waals surface area (Å²) in [5.41, 5.74) is -0.426. The smallest absolute Gasteiger partial charge is 0.407 e. The number of ether oxygens (including phenoxy) is 1. The zero-order chi connectivity index (χ0) is 16.6. The van der Waals surface area contributed by atoms with Gasteiger partial charge in [0.2, 0.25) is 0 Å². The molecule has 0 radical (unpaired) electrons. The molecule has 130 valence electrons. The van der Waals surface area contributed by atoms with Gasteiger partial charge in [-0.2, -0.15) is 0 Å². The molecule has 1 aliphatic rings. The van der Waals surface area contributed by atoms with E-state index in [0.717, 1.165) is 18.9 Å². The molecule has 1 aliphatic heterocycles. The molecule has 1 atom stereocenters. The van der Waals surface area contributed by atoms with E-state index in [-0.39, 0.29) is 6.09 Å². The average molecular weight is 313 g/mol. The van der Waals surface area contributed by atoms with Gasteiger partial charge in [-0.1, -0.05) is 6.92 Å². The van der Waals surface area contributed by atoms with Crippen LogP contribution in [0.25, 0.3) is 0 Å². The van der Waals surface area contributed by atoms with Crippen LogP contribution in [0.5, 0.6) is 0 Å². The molecular formula is C17H35N3O2. The minimum Gasteiger partial charge on any atom is -0.444 e. The third kappa shape index (κ3) is 7.99. The predicted molar refractivity (Wildman–Crippen MR) is 91.2 cm³/mol. The van der Waals surface area contributed by atoms with Crippen LogP contribution < -0.4 is 10.6 Å². The molecular weight excluding hydrogens is 278 g/mol. The van der Waals surface area contributed by atoms with E-state index in [9.17, 15) is 4.79 Å². The minimum atomic E-state index is -0.426. The van der Waals surface area contributed by atoms with Crippen molar-refractivity contribution < 1.29 is 9.53 Å². The fraction of sp³-hybridized carbons (Fsp3) is 0.941. The summed E-state index contributed by atoms with van der Waals surface area (Å²) < 4.78 is 5.21. The number of rotatable bonds is 7. The molecule has 0 aromatic carbocycles. The molecule has 0 aromatic heterocycles. The third-order valence-electron chi connectivity index (χ3n) is 4.27. The van der Waals surface area contributed by atoms with E-state index in [1.165, 1.54) is 32.5 Å². The van der Waals surface area contributed by atoms with Crippen LogP contribution in [0, 0.1) is 5.92 Å². The van der Waals surface area contributed by atoms with E-state index in [1.54, 1.807) is 0 Å². The van der Waals surface area contributed by atoms with E-state index in [4.69, 9.17) is 4.74 Å². The number of carbonyl (C=O) groups excluding carboxylic acids is 1. The molecule has 0 spiro atoms. The van der Waals surface area contributed by atoms with Gasteiger partial charge in [0.15, 0.2) is 0 Å². The molecule has 5 nitrogen and oxygen atoms in total. The maximum atomic E-state index is 11.5. The Morgan fingerprint density at radius 1 is 1.27 bits per heavy atom. The number of nitrogens with one attached hydrogen (secondary N) is 2. The van der Waals surface area contributed by atoms with Crippen LogP contribution in [0.15, 0.2) is 0 Å². The first-order chi connectivity index (χ1) is 10.3. The molecule has 1 rings (SSSR count). The summed E-state index contributed by atoms with van der Waals surface area (Å²) in [6.45, 7) is 15.4. The first-order valence-corrected chi connectivity index (χ1v) is 8.74. The predicted octanol–water partition coefficient (Wildman–Crippen LogP) is 2.61. The second-order valence-corrected chi connectivity index (χ2v) is 7.30. The van der Waals surface area contributed by atoms with Crippen LogP contribution in [-0.4, -0.2) is 55.4 Å². The first kappa shape index (κ1) is 19.2. The van der Waals surface area contributed by atoms with E-state index in [2.05, 4.69) is 29.4 Å². The van der Waals surface area contributed by atoms with E-state index in [0.29, 0.717) is 12.6 Å². The number of amides is 1. The van der Waals surface area contributed by atoms with Crippen molar-refractivity contribution in [1.82, 2.24) is 15.5 Å². The number of hydrogen-bond acceptors (Lipinski definition) is 4. The minimum absolute atomic E-state index is 0.326. The highest BCUT2D eigenvalue weighted by Gasteiger charge is 2.22. The number of likely N-dealkylation sites (tertiary alicyclic amines) is 1. The summed E-state index contributed by atoms with van der Waals surface area (Å²) in [6.07, 6.45) is 3.18. The second-order valence-electron chi connectivity index (χ2n) is 7.30. The Hall–Kier alpha value is -0.810. The molecule has 2 N–H and O–H groups in total. The Balaban J connectivity index is 2.06. The Morgan fingerprint density at radius 2 is 1.91 bits per heavy atom. The number of hydrogen-bond donors (Lipinski definition) is 2. The molecule has 0 aliphatic carbocycles. The highest BCUT2D eigenvalue weighted by atomic mass is 16.6. The lowest BCUT2D eigenvalue weighted by atomic mass is 9.90. The molecule has 1 heterocycles. The second kappa shape index (κ2) is 9.36. The quantitative estimate of drug-likeness (QED) is 0.710. The molecule has 1 saturated heterocycles. The maximum absolute atomic E-state index is 11.5. The van der Waals surface area contributed by atoms with Crippen LogP contribution in [0.4, 0.5) is 4.79 Å². The Labute approximate surface area is 136 Å². The van der Waals surface area contributed by atoms with Gasteiger partial charge < -0.3 is 20.3 Å². The van der Waals surface area contributed by atoms with Crippen LogP contribution >= 0.6 is 0 Å². The van der Waals surface area contributed by atoms with E-state index >= 15 is 0 Å². The van der Waals surface area contributed by atoms with Crippen molar-refractivity contribution >= 4 is 6.09 Å². The van der Waals surface area contributed by atoms with Gasteiger partial charge in [0.1, 0.15) is 5.60 Å². The molecule has 22 heavy (non-hydrogen) atoms. The van der Waals surface area contributed by atoms with Gasteiger partial charge in [0.25, 0.3) is 0 Å². The normalized spacial score (nSPS) is 19.0. The topological polar surface area (TPSA) is 53.6 Å².